The summed E-state index contributed by atoms with van der Waals surface area (Å²) in [5, 5.41) is 0. The molecule has 0 saturated carbocycles. The van der Waals surface area contributed by atoms with Crippen molar-refractivity contribution in [3.05, 3.63) is 107 Å². The summed E-state index contributed by atoms with van der Waals surface area (Å²) >= 11 is 0. The van der Waals surface area contributed by atoms with Gasteiger partial charge in [0.1, 0.15) is 11.5 Å². The average molecular weight is 561 g/mol. The summed E-state index contributed by atoms with van der Waals surface area (Å²) in [6.07, 6.45) is 16.6. The summed E-state index contributed by atoms with van der Waals surface area (Å²) in [6.45, 7) is 10.5. The van der Waals surface area contributed by atoms with E-state index in [2.05, 4.69) is 98.4 Å². The minimum atomic E-state index is 0.713. The van der Waals surface area contributed by atoms with Crippen LogP contribution >= 0.6 is 0 Å². The zero-order valence-electron chi connectivity index (χ0n) is 25.5. The van der Waals surface area contributed by atoms with Crippen LogP contribution in [0.5, 0.6) is 11.5 Å². The number of hydrogen-bond donors (Lipinski definition) is 0. The highest BCUT2D eigenvalue weighted by atomic mass is 16.5. The van der Waals surface area contributed by atoms with Gasteiger partial charge in [-0.05, 0) is 108 Å². The summed E-state index contributed by atoms with van der Waals surface area (Å²) in [7, 11) is 0. The third kappa shape index (κ3) is 10.7. The Labute approximate surface area is 252 Å². The largest absolute Gasteiger partial charge is 0.494 e. The van der Waals surface area contributed by atoms with Gasteiger partial charge in [-0.1, -0.05) is 76.3 Å². The van der Waals surface area contributed by atoms with E-state index in [-0.39, 0.29) is 0 Å². The maximum Gasteiger partial charge on any atom is 0.119 e. The van der Waals surface area contributed by atoms with Crippen molar-refractivity contribution in [3.8, 4) is 22.9 Å². The molecule has 2 heterocycles. The molecule has 2 aromatic carbocycles. The molecule has 0 unspecified atom stereocenters. The molecule has 0 bridgehead atoms. The first-order valence-electron chi connectivity index (χ1n) is 15.2. The second-order valence-corrected chi connectivity index (χ2v) is 11.5. The molecule has 4 nitrogen and oxygen atoms in total. The predicted octanol–water partition coefficient (Wildman–Crippen LogP) is 10.1. The third-order valence-corrected chi connectivity index (χ3v) is 6.92. The lowest BCUT2D eigenvalue weighted by Gasteiger charge is -2.08. The lowest BCUT2D eigenvalue weighted by molar-refractivity contribution is 0.297. The molecule has 2 aromatic heterocycles. The van der Waals surface area contributed by atoms with Crippen LogP contribution in [0.25, 0.3) is 35.7 Å². The molecule has 42 heavy (non-hydrogen) atoms. The van der Waals surface area contributed by atoms with Crippen molar-refractivity contribution in [2.45, 2.75) is 53.4 Å². The number of ether oxygens (including phenoxy) is 2. The minimum Gasteiger partial charge on any atom is -0.494 e. The van der Waals surface area contributed by atoms with E-state index in [1.54, 1.807) is 0 Å². The van der Waals surface area contributed by atoms with Crippen LogP contribution in [0.15, 0.2) is 85.2 Å². The molecule has 0 spiro atoms. The van der Waals surface area contributed by atoms with Gasteiger partial charge < -0.3 is 9.47 Å². The van der Waals surface area contributed by atoms with Crippen molar-refractivity contribution in [1.82, 2.24) is 9.97 Å². The molecule has 0 fully saturated rings. The Bertz CT molecular complexity index is 1310. The highest BCUT2D eigenvalue weighted by Gasteiger charge is 2.03. The number of aromatic nitrogens is 2. The second kappa shape index (κ2) is 16.3. The SMILES string of the molecule is CC(C)CCCOc1ccc(C=Cc2ccnc(-c3cc(C=Cc4ccc(OCCCC(C)C)cc4)ccn3)c2)cc1. The number of rotatable bonds is 15. The Morgan fingerprint density at radius 2 is 0.905 bits per heavy atom. The summed E-state index contributed by atoms with van der Waals surface area (Å²) in [5.74, 6) is 3.26. The van der Waals surface area contributed by atoms with Gasteiger partial charge in [-0.15, -0.1) is 0 Å². The normalized spacial score (nSPS) is 11.7. The highest BCUT2D eigenvalue weighted by molar-refractivity contribution is 5.74. The summed E-state index contributed by atoms with van der Waals surface area (Å²) in [6, 6.07) is 24.6. The molecule has 0 saturated heterocycles. The van der Waals surface area contributed by atoms with Gasteiger partial charge in [0, 0.05) is 12.4 Å². The van der Waals surface area contributed by atoms with Gasteiger partial charge in [-0.3, -0.25) is 9.97 Å². The first-order chi connectivity index (χ1) is 20.4. The zero-order chi connectivity index (χ0) is 29.6. The van der Waals surface area contributed by atoms with Gasteiger partial charge >= 0.3 is 0 Å². The smallest absolute Gasteiger partial charge is 0.119 e. The van der Waals surface area contributed by atoms with E-state index in [0.29, 0.717) is 11.8 Å². The van der Waals surface area contributed by atoms with Crippen molar-refractivity contribution < 1.29 is 9.47 Å². The molecule has 4 rings (SSSR count). The number of pyridine rings is 2. The molecule has 4 aromatic rings. The Morgan fingerprint density at radius 3 is 1.29 bits per heavy atom. The lowest BCUT2D eigenvalue weighted by Crippen LogP contribution is -1.99. The highest BCUT2D eigenvalue weighted by Crippen LogP contribution is 2.21. The van der Waals surface area contributed by atoms with E-state index >= 15 is 0 Å². The Hall–Kier alpha value is -4.18. The standard InChI is InChI=1S/C38H44N2O2/c1-29(2)7-5-25-41-35-17-13-31(14-18-35)9-11-33-21-23-39-37(27-33)38-28-34(22-24-40-38)12-10-32-15-19-36(20-16-32)42-26-6-8-30(3)4/h9-24,27-30H,5-8,25-26H2,1-4H3. The Balaban J connectivity index is 1.33. The van der Waals surface area contributed by atoms with Gasteiger partial charge in [-0.25, -0.2) is 0 Å². The van der Waals surface area contributed by atoms with Crippen molar-refractivity contribution in [1.29, 1.82) is 0 Å². The molecule has 0 N–H and O–H groups in total. The van der Waals surface area contributed by atoms with Crippen LogP contribution in [0.3, 0.4) is 0 Å². The fourth-order valence-electron chi connectivity index (χ4n) is 4.48. The monoisotopic (exact) mass is 560 g/mol. The maximum absolute atomic E-state index is 5.87. The zero-order valence-corrected chi connectivity index (χ0v) is 25.5. The quantitative estimate of drug-likeness (QED) is 0.136. The van der Waals surface area contributed by atoms with E-state index < -0.39 is 0 Å². The van der Waals surface area contributed by atoms with E-state index in [9.17, 15) is 0 Å². The maximum atomic E-state index is 5.87. The third-order valence-electron chi connectivity index (χ3n) is 6.92. The van der Waals surface area contributed by atoms with Gasteiger partial charge in [0.2, 0.25) is 0 Å². The van der Waals surface area contributed by atoms with Crippen molar-refractivity contribution in [2.75, 3.05) is 13.2 Å². The molecular formula is C38H44N2O2. The van der Waals surface area contributed by atoms with Gasteiger partial charge in [0.15, 0.2) is 0 Å². The molecule has 0 aliphatic carbocycles. The first kappa shape index (κ1) is 30.8. The predicted molar refractivity (Wildman–Crippen MR) is 177 cm³/mol. The molecule has 218 valence electrons. The number of nitrogens with zero attached hydrogens (tertiary/aromatic N) is 2. The van der Waals surface area contributed by atoms with Gasteiger partial charge in [-0.2, -0.15) is 0 Å². The van der Waals surface area contributed by atoms with Crippen LogP contribution in [0.4, 0.5) is 0 Å². The Morgan fingerprint density at radius 1 is 0.524 bits per heavy atom. The minimum absolute atomic E-state index is 0.713. The van der Waals surface area contributed by atoms with Crippen LogP contribution in [-0.2, 0) is 0 Å². The molecule has 0 aliphatic heterocycles. The van der Waals surface area contributed by atoms with Crippen molar-refractivity contribution in [3.63, 3.8) is 0 Å². The van der Waals surface area contributed by atoms with Crippen LogP contribution in [-0.4, -0.2) is 23.2 Å². The molecule has 4 heteroatoms. The molecular weight excluding hydrogens is 516 g/mol. The average Bonchev–Trinajstić information content (AvgIpc) is 3.00. The lowest BCUT2D eigenvalue weighted by atomic mass is 10.1. The van der Waals surface area contributed by atoms with Crippen LogP contribution < -0.4 is 9.47 Å². The summed E-state index contributed by atoms with van der Waals surface area (Å²) < 4.78 is 11.7. The van der Waals surface area contributed by atoms with Gasteiger partial charge in [0.05, 0.1) is 24.6 Å². The fraction of sp³-hybridized carbons (Fsp3) is 0.316. The Kier molecular flexibility index (Phi) is 11.9. The fourth-order valence-corrected chi connectivity index (χ4v) is 4.48. The van der Waals surface area contributed by atoms with Crippen molar-refractivity contribution in [2.24, 2.45) is 11.8 Å². The van der Waals surface area contributed by atoms with E-state index in [4.69, 9.17) is 9.47 Å². The molecule has 0 aliphatic rings. The first-order valence-corrected chi connectivity index (χ1v) is 15.2. The van der Waals surface area contributed by atoms with E-state index in [1.807, 2.05) is 48.8 Å². The molecule has 0 amide bonds. The van der Waals surface area contributed by atoms with E-state index in [0.717, 1.165) is 71.2 Å². The van der Waals surface area contributed by atoms with Crippen molar-refractivity contribution >= 4 is 24.3 Å². The summed E-state index contributed by atoms with van der Waals surface area (Å²) in [4.78, 5) is 9.16. The molecule has 0 atom stereocenters. The molecule has 0 radical (unpaired) electrons. The van der Waals surface area contributed by atoms with Crippen LogP contribution in [0.2, 0.25) is 0 Å². The second-order valence-electron chi connectivity index (χ2n) is 11.5. The number of hydrogen-bond acceptors (Lipinski definition) is 4. The summed E-state index contributed by atoms with van der Waals surface area (Å²) in [5.41, 5.74) is 6.08. The van der Waals surface area contributed by atoms with Crippen LogP contribution in [0, 0.1) is 11.8 Å². The van der Waals surface area contributed by atoms with Gasteiger partial charge in [0.25, 0.3) is 0 Å². The van der Waals surface area contributed by atoms with Crippen LogP contribution in [0.1, 0.15) is 75.6 Å². The topological polar surface area (TPSA) is 44.2 Å². The number of benzene rings is 2. The van der Waals surface area contributed by atoms with E-state index in [1.165, 1.54) is 12.8 Å².